The fourth-order valence-corrected chi connectivity index (χ4v) is 6.38. The molecule has 0 aliphatic carbocycles. The van der Waals surface area contributed by atoms with Gasteiger partial charge in [0.1, 0.15) is 0 Å². The highest BCUT2D eigenvalue weighted by Gasteiger charge is 2.09. The lowest BCUT2D eigenvalue weighted by Crippen LogP contribution is -2.21. The van der Waals surface area contributed by atoms with Crippen molar-refractivity contribution in [1.82, 2.24) is 4.90 Å². The number of unbranched alkanes of at least 4 members (excludes halogenated alkanes) is 25. The molecule has 0 radical (unpaired) electrons. The van der Waals surface area contributed by atoms with Crippen LogP contribution < -0.4 is 0 Å². The van der Waals surface area contributed by atoms with E-state index in [1.807, 2.05) is 0 Å². The molecule has 1 unspecified atom stereocenters. The molecule has 1 nitrogen and oxygen atoms in total. The average Bonchev–Trinajstić information content (AvgIpc) is 2.98. The lowest BCUT2D eigenvalue weighted by molar-refractivity contribution is 0.286. The second kappa shape index (κ2) is 36.6. The van der Waals surface area contributed by atoms with E-state index in [4.69, 9.17) is 0 Å². The van der Waals surface area contributed by atoms with Gasteiger partial charge in [0.25, 0.3) is 0 Å². The molecule has 0 aromatic carbocycles. The third-order valence-corrected chi connectivity index (χ3v) is 9.12. The Balaban J connectivity index is 3.54. The summed E-state index contributed by atoms with van der Waals surface area (Å²) in [7, 11) is 4.53. The van der Waals surface area contributed by atoms with Gasteiger partial charge in [-0.2, -0.15) is 0 Å². The third kappa shape index (κ3) is 35.6. The summed E-state index contributed by atoms with van der Waals surface area (Å²) >= 11 is 0. The molecule has 0 fully saturated rings. The van der Waals surface area contributed by atoms with Crippen molar-refractivity contribution >= 4 is 0 Å². The van der Waals surface area contributed by atoms with E-state index in [-0.39, 0.29) is 0 Å². The van der Waals surface area contributed by atoms with Crippen molar-refractivity contribution in [3.05, 3.63) is 24.3 Å². The van der Waals surface area contributed by atoms with Gasteiger partial charge in [-0.25, -0.2) is 0 Å². The SMILES string of the molecule is CCCCCCCC/C=C\CCCCCCCCCC(CCCCCCCC/C=C\CCCCCCCC)CN(C)C. The maximum Gasteiger partial charge on any atom is 0.000356 e. The minimum atomic E-state index is 0.917. The van der Waals surface area contributed by atoms with Crippen LogP contribution in [0.15, 0.2) is 24.3 Å². The van der Waals surface area contributed by atoms with Gasteiger partial charge in [-0.05, 0) is 84.2 Å². The first kappa shape index (κ1) is 41.4. The lowest BCUT2D eigenvalue weighted by Gasteiger charge is -2.21. The van der Waals surface area contributed by atoms with Crippen molar-refractivity contribution in [3.8, 4) is 0 Å². The molecule has 0 aliphatic heterocycles. The summed E-state index contributed by atoms with van der Waals surface area (Å²) < 4.78 is 0. The first-order valence-corrected chi connectivity index (χ1v) is 19.6. The Labute approximate surface area is 268 Å². The van der Waals surface area contributed by atoms with Crippen LogP contribution in [0.25, 0.3) is 0 Å². The van der Waals surface area contributed by atoms with Crippen molar-refractivity contribution in [2.24, 2.45) is 5.92 Å². The fourth-order valence-electron chi connectivity index (χ4n) is 6.38. The van der Waals surface area contributed by atoms with Gasteiger partial charge in [0.15, 0.2) is 0 Å². The molecule has 0 amide bonds. The predicted octanol–water partition coefficient (Wildman–Crippen LogP) is 14.4. The second-order valence-corrected chi connectivity index (χ2v) is 13.9. The van der Waals surface area contributed by atoms with Crippen LogP contribution in [0.4, 0.5) is 0 Å². The minimum absolute atomic E-state index is 0.917. The topological polar surface area (TPSA) is 3.24 Å². The van der Waals surface area contributed by atoms with Crippen molar-refractivity contribution < 1.29 is 0 Å². The number of allylic oxidation sites excluding steroid dienone is 4. The molecular weight excluding hydrogens is 506 g/mol. The molecule has 42 heavy (non-hydrogen) atoms. The molecule has 0 rings (SSSR count). The van der Waals surface area contributed by atoms with Crippen LogP contribution in [0.2, 0.25) is 0 Å². The smallest absolute Gasteiger partial charge is 0.000356 e. The summed E-state index contributed by atoms with van der Waals surface area (Å²) in [6, 6.07) is 0. The van der Waals surface area contributed by atoms with Crippen LogP contribution in [0.3, 0.4) is 0 Å². The molecule has 0 saturated carbocycles. The maximum absolute atomic E-state index is 2.45. The van der Waals surface area contributed by atoms with Crippen LogP contribution in [0.5, 0.6) is 0 Å². The molecule has 0 aromatic heterocycles. The summed E-state index contributed by atoms with van der Waals surface area (Å²) in [6.07, 6.45) is 53.6. The zero-order valence-electron chi connectivity index (χ0n) is 30.0. The Bertz CT molecular complexity index is 533. The van der Waals surface area contributed by atoms with E-state index in [1.54, 1.807) is 0 Å². The molecule has 0 heterocycles. The number of hydrogen-bond acceptors (Lipinski definition) is 1. The van der Waals surface area contributed by atoms with E-state index in [9.17, 15) is 0 Å². The third-order valence-electron chi connectivity index (χ3n) is 9.12. The van der Waals surface area contributed by atoms with Gasteiger partial charge in [0, 0.05) is 6.54 Å². The van der Waals surface area contributed by atoms with Crippen LogP contribution in [-0.2, 0) is 0 Å². The van der Waals surface area contributed by atoms with E-state index < -0.39 is 0 Å². The molecule has 0 aromatic rings. The van der Waals surface area contributed by atoms with E-state index in [0.717, 1.165) is 5.92 Å². The van der Waals surface area contributed by atoms with Gasteiger partial charge in [-0.1, -0.05) is 173 Å². The van der Waals surface area contributed by atoms with Gasteiger partial charge in [0.05, 0.1) is 0 Å². The molecule has 0 spiro atoms. The van der Waals surface area contributed by atoms with E-state index >= 15 is 0 Å². The minimum Gasteiger partial charge on any atom is -0.309 e. The number of rotatable bonds is 35. The number of nitrogens with zero attached hydrogens (tertiary/aromatic N) is 1. The highest BCUT2D eigenvalue weighted by Crippen LogP contribution is 2.20. The first-order chi connectivity index (χ1) is 20.7. The highest BCUT2D eigenvalue weighted by molar-refractivity contribution is 4.82. The van der Waals surface area contributed by atoms with Gasteiger partial charge in [0.2, 0.25) is 0 Å². The van der Waals surface area contributed by atoms with Gasteiger partial charge in [-0.15, -0.1) is 0 Å². The highest BCUT2D eigenvalue weighted by atomic mass is 15.1. The summed E-state index contributed by atoms with van der Waals surface area (Å²) in [5, 5.41) is 0. The van der Waals surface area contributed by atoms with Gasteiger partial charge in [-0.3, -0.25) is 0 Å². The summed E-state index contributed by atoms with van der Waals surface area (Å²) in [5.74, 6) is 0.917. The van der Waals surface area contributed by atoms with Crippen LogP contribution in [0, 0.1) is 5.92 Å². The molecule has 0 bridgehead atoms. The maximum atomic E-state index is 2.45. The molecule has 0 aliphatic rings. The Hall–Kier alpha value is -0.560. The van der Waals surface area contributed by atoms with Crippen molar-refractivity contribution in [2.45, 2.75) is 213 Å². The molecule has 0 saturated heterocycles. The van der Waals surface area contributed by atoms with E-state index in [0.29, 0.717) is 0 Å². The van der Waals surface area contributed by atoms with Crippen molar-refractivity contribution in [1.29, 1.82) is 0 Å². The normalized spacial score (nSPS) is 12.9. The van der Waals surface area contributed by atoms with Gasteiger partial charge < -0.3 is 4.90 Å². The second-order valence-electron chi connectivity index (χ2n) is 13.9. The summed E-state index contributed by atoms with van der Waals surface area (Å²) in [4.78, 5) is 2.42. The Morgan fingerprint density at radius 3 is 0.905 bits per heavy atom. The zero-order chi connectivity index (χ0) is 30.6. The summed E-state index contributed by atoms with van der Waals surface area (Å²) in [6.45, 7) is 5.89. The Morgan fingerprint density at radius 1 is 0.357 bits per heavy atom. The van der Waals surface area contributed by atoms with Crippen molar-refractivity contribution in [2.75, 3.05) is 20.6 Å². The Kier molecular flexibility index (Phi) is 36.1. The molecule has 250 valence electrons. The number of hydrogen-bond donors (Lipinski definition) is 0. The van der Waals surface area contributed by atoms with E-state index in [2.05, 4.69) is 57.1 Å². The quantitative estimate of drug-likeness (QED) is 0.0526. The zero-order valence-corrected chi connectivity index (χ0v) is 30.0. The monoisotopic (exact) mass is 588 g/mol. The van der Waals surface area contributed by atoms with Crippen LogP contribution >= 0.6 is 0 Å². The van der Waals surface area contributed by atoms with Crippen LogP contribution in [-0.4, -0.2) is 25.5 Å². The average molecular weight is 588 g/mol. The van der Waals surface area contributed by atoms with Crippen molar-refractivity contribution in [3.63, 3.8) is 0 Å². The predicted molar refractivity (Wildman–Crippen MR) is 195 cm³/mol. The largest absolute Gasteiger partial charge is 0.309 e. The lowest BCUT2D eigenvalue weighted by atomic mass is 9.93. The van der Waals surface area contributed by atoms with Crippen LogP contribution in [0.1, 0.15) is 213 Å². The summed E-state index contributed by atoms with van der Waals surface area (Å²) in [5.41, 5.74) is 0. The molecule has 1 atom stereocenters. The first-order valence-electron chi connectivity index (χ1n) is 19.6. The molecule has 1 heteroatoms. The van der Waals surface area contributed by atoms with Gasteiger partial charge >= 0.3 is 0 Å². The standard InChI is InChI=1S/C41H81N/c1-5-7-9-11-13-15-17-19-21-23-25-27-29-31-33-35-37-39-41(40-42(3)4)38-36-34-32-30-28-26-24-22-20-18-16-14-12-10-8-6-2/h19-22,41H,5-18,23-40H2,1-4H3/b21-19-,22-20-. The van der Waals surface area contributed by atoms with E-state index in [1.165, 1.54) is 206 Å². The Morgan fingerprint density at radius 2 is 0.619 bits per heavy atom. The fraction of sp³-hybridized carbons (Fsp3) is 0.902. The molecular formula is C41H81N. The molecule has 0 N–H and O–H groups in total.